The highest BCUT2D eigenvalue weighted by Gasteiger charge is 2.25. The van der Waals surface area contributed by atoms with Crippen LogP contribution in [0.15, 0.2) is 46.2 Å². The lowest BCUT2D eigenvalue weighted by Gasteiger charge is -2.34. The maximum atomic E-state index is 12.1. The van der Waals surface area contributed by atoms with E-state index in [2.05, 4.69) is 19.8 Å². The smallest absolute Gasteiger partial charge is 0.186 e. The largest absolute Gasteiger partial charge is 0.345 e. The monoisotopic (exact) mass is 508 g/mol. The molecule has 0 unspecified atom stereocenters. The van der Waals surface area contributed by atoms with Gasteiger partial charge in [0.05, 0.1) is 19.2 Å². The molecule has 12 heteroatoms. The standard InChI is InChI=1S/C20H20N4O4S4/c1-31(25,26)15-7-3-5-13-17(15)21-19(29-13)23-9-11-24(12-10-23)20-22-18-14(30-20)6-4-8-16(18)32(2,27)28/h3-8H,9-12H2,1-2H3. The number of rotatable bonds is 4. The SMILES string of the molecule is CS(=O)(=O)c1cccc2sc(N3CCN(c4nc5c(S(C)(=O)=O)cccc5s4)CC3)nc12. The van der Waals surface area contributed by atoms with Gasteiger partial charge in [-0.05, 0) is 24.3 Å². The van der Waals surface area contributed by atoms with E-state index in [-0.39, 0.29) is 9.79 Å². The molecule has 168 valence electrons. The minimum absolute atomic E-state index is 0.257. The van der Waals surface area contributed by atoms with Gasteiger partial charge in [-0.15, -0.1) is 0 Å². The van der Waals surface area contributed by atoms with Gasteiger partial charge in [-0.25, -0.2) is 26.8 Å². The molecule has 1 aliphatic rings. The van der Waals surface area contributed by atoms with Crippen LogP contribution in [0.2, 0.25) is 0 Å². The molecule has 0 saturated carbocycles. The van der Waals surface area contributed by atoms with Crippen molar-refractivity contribution in [3.63, 3.8) is 0 Å². The van der Waals surface area contributed by atoms with Gasteiger partial charge in [0.15, 0.2) is 29.9 Å². The van der Waals surface area contributed by atoms with Crippen molar-refractivity contribution in [1.29, 1.82) is 0 Å². The molecular formula is C20H20N4O4S4. The van der Waals surface area contributed by atoms with Crippen molar-refractivity contribution in [2.24, 2.45) is 0 Å². The number of thiazole rings is 2. The Morgan fingerprint density at radius 3 is 1.41 bits per heavy atom. The predicted molar refractivity (Wildman–Crippen MR) is 130 cm³/mol. The van der Waals surface area contributed by atoms with E-state index in [9.17, 15) is 16.8 Å². The Bertz CT molecular complexity index is 1430. The van der Waals surface area contributed by atoms with Crippen molar-refractivity contribution in [1.82, 2.24) is 9.97 Å². The fourth-order valence-electron chi connectivity index (χ4n) is 3.78. The molecule has 0 atom stereocenters. The second-order valence-electron chi connectivity index (χ2n) is 7.72. The number of sulfone groups is 2. The van der Waals surface area contributed by atoms with Crippen LogP contribution < -0.4 is 9.80 Å². The van der Waals surface area contributed by atoms with Gasteiger partial charge >= 0.3 is 0 Å². The third-order valence-corrected chi connectivity index (χ3v) is 9.78. The Balaban J connectivity index is 1.39. The quantitative estimate of drug-likeness (QED) is 0.415. The zero-order chi connectivity index (χ0) is 22.7. The maximum absolute atomic E-state index is 12.1. The van der Waals surface area contributed by atoms with Crippen LogP contribution in [0.3, 0.4) is 0 Å². The number of hydrogen-bond donors (Lipinski definition) is 0. The summed E-state index contributed by atoms with van der Waals surface area (Å²) < 4.78 is 50.1. The fraction of sp³-hybridized carbons (Fsp3) is 0.300. The molecule has 0 aliphatic carbocycles. The predicted octanol–water partition coefficient (Wildman–Crippen LogP) is 3.04. The van der Waals surface area contributed by atoms with Crippen LogP contribution in [-0.2, 0) is 19.7 Å². The van der Waals surface area contributed by atoms with Crippen LogP contribution >= 0.6 is 22.7 Å². The molecule has 2 aromatic heterocycles. The molecule has 0 N–H and O–H groups in total. The van der Waals surface area contributed by atoms with E-state index in [0.29, 0.717) is 37.2 Å². The summed E-state index contributed by atoms with van der Waals surface area (Å²) in [5.41, 5.74) is 1.05. The molecule has 1 saturated heterocycles. The van der Waals surface area contributed by atoms with Crippen LogP contribution in [0.25, 0.3) is 20.4 Å². The van der Waals surface area contributed by atoms with Crippen molar-refractivity contribution in [3.05, 3.63) is 36.4 Å². The number of piperazine rings is 1. The molecule has 32 heavy (non-hydrogen) atoms. The Hall–Kier alpha value is -2.28. The first-order valence-electron chi connectivity index (χ1n) is 9.80. The van der Waals surface area contributed by atoms with Crippen LogP contribution in [0, 0.1) is 0 Å². The summed E-state index contributed by atoms with van der Waals surface area (Å²) in [6.45, 7) is 2.84. The number of aromatic nitrogens is 2. The molecule has 0 spiro atoms. The van der Waals surface area contributed by atoms with Crippen molar-refractivity contribution in [2.75, 3.05) is 48.5 Å². The van der Waals surface area contributed by atoms with Gasteiger partial charge in [0.25, 0.3) is 0 Å². The molecule has 0 bridgehead atoms. The Kier molecular flexibility index (Phi) is 5.15. The summed E-state index contributed by atoms with van der Waals surface area (Å²) in [5, 5.41) is 1.61. The minimum Gasteiger partial charge on any atom is -0.345 e. The average molecular weight is 509 g/mol. The highest BCUT2D eigenvalue weighted by Crippen LogP contribution is 2.35. The molecule has 1 aliphatic heterocycles. The van der Waals surface area contributed by atoms with E-state index < -0.39 is 19.7 Å². The van der Waals surface area contributed by atoms with Crippen LogP contribution in [0.4, 0.5) is 10.3 Å². The summed E-state index contributed by atoms with van der Waals surface area (Å²) in [7, 11) is -6.70. The van der Waals surface area contributed by atoms with Crippen molar-refractivity contribution >= 4 is 73.0 Å². The van der Waals surface area contributed by atoms with Crippen LogP contribution in [0.5, 0.6) is 0 Å². The van der Waals surface area contributed by atoms with Crippen LogP contribution in [0.1, 0.15) is 0 Å². The lowest BCUT2D eigenvalue weighted by Crippen LogP contribution is -2.46. The third kappa shape index (κ3) is 3.85. The summed E-state index contributed by atoms with van der Waals surface area (Å²) in [5.74, 6) is 0. The molecule has 3 heterocycles. The highest BCUT2D eigenvalue weighted by molar-refractivity contribution is 7.91. The molecule has 0 radical (unpaired) electrons. The second kappa shape index (κ2) is 7.65. The summed E-state index contributed by atoms with van der Waals surface area (Å²) in [6, 6.07) is 10.5. The zero-order valence-corrected chi connectivity index (χ0v) is 20.6. The van der Waals surface area contributed by atoms with Gasteiger partial charge < -0.3 is 9.80 Å². The first-order valence-corrected chi connectivity index (χ1v) is 15.2. The first-order chi connectivity index (χ1) is 15.1. The topological polar surface area (TPSA) is 101 Å². The first kappa shape index (κ1) is 21.6. The van der Waals surface area contributed by atoms with Gasteiger partial charge in [-0.2, -0.15) is 0 Å². The number of benzene rings is 2. The molecule has 8 nitrogen and oxygen atoms in total. The third-order valence-electron chi connectivity index (χ3n) is 5.36. The number of hydrogen-bond acceptors (Lipinski definition) is 10. The molecule has 5 rings (SSSR count). The van der Waals surface area contributed by atoms with E-state index >= 15 is 0 Å². The van der Waals surface area contributed by atoms with E-state index in [1.54, 1.807) is 24.3 Å². The van der Waals surface area contributed by atoms with Crippen molar-refractivity contribution < 1.29 is 16.8 Å². The van der Waals surface area contributed by atoms with E-state index in [1.165, 1.54) is 35.2 Å². The van der Waals surface area contributed by atoms with Gasteiger partial charge in [-0.3, -0.25) is 0 Å². The Morgan fingerprint density at radius 1 is 0.688 bits per heavy atom. The van der Waals surface area contributed by atoms with E-state index in [1.807, 2.05) is 12.1 Å². The second-order valence-corrected chi connectivity index (χ2v) is 13.7. The molecule has 4 aromatic rings. The van der Waals surface area contributed by atoms with Crippen molar-refractivity contribution in [2.45, 2.75) is 9.79 Å². The number of fused-ring (bicyclic) bond motifs is 2. The van der Waals surface area contributed by atoms with E-state index in [4.69, 9.17) is 0 Å². The maximum Gasteiger partial charge on any atom is 0.186 e. The Labute approximate surface area is 194 Å². The summed E-state index contributed by atoms with van der Waals surface area (Å²) >= 11 is 2.98. The normalized spacial score (nSPS) is 15.7. The van der Waals surface area contributed by atoms with E-state index in [0.717, 1.165) is 19.7 Å². The van der Waals surface area contributed by atoms with Gasteiger partial charge in [0.1, 0.15) is 11.0 Å². The van der Waals surface area contributed by atoms with Gasteiger partial charge in [-0.1, -0.05) is 34.8 Å². The lowest BCUT2D eigenvalue weighted by atomic mass is 10.3. The molecule has 0 amide bonds. The van der Waals surface area contributed by atoms with Gasteiger partial charge in [0, 0.05) is 38.7 Å². The number of para-hydroxylation sites is 2. The average Bonchev–Trinajstić information content (AvgIpc) is 3.36. The summed E-state index contributed by atoms with van der Waals surface area (Å²) in [6.07, 6.45) is 2.40. The number of nitrogens with zero attached hydrogens (tertiary/aromatic N) is 4. The fourth-order valence-corrected chi connectivity index (χ4v) is 7.66. The van der Waals surface area contributed by atoms with Crippen LogP contribution in [-0.4, -0.2) is 65.5 Å². The molecule has 2 aromatic carbocycles. The zero-order valence-electron chi connectivity index (χ0n) is 17.3. The summed E-state index contributed by atoms with van der Waals surface area (Å²) in [4.78, 5) is 14.1. The lowest BCUT2D eigenvalue weighted by molar-refractivity contribution is 0.600. The molecule has 1 fully saturated rings. The highest BCUT2D eigenvalue weighted by atomic mass is 32.2. The minimum atomic E-state index is -3.35. The van der Waals surface area contributed by atoms with Gasteiger partial charge in [0.2, 0.25) is 0 Å². The number of anilines is 2. The molecular weight excluding hydrogens is 489 g/mol. The Morgan fingerprint density at radius 2 is 1.06 bits per heavy atom. The van der Waals surface area contributed by atoms with Crippen molar-refractivity contribution in [3.8, 4) is 0 Å².